The number of nitrogens with zero attached hydrogens (tertiary/aromatic N) is 4. The normalized spacial score (nSPS) is 13.7. The van der Waals surface area contributed by atoms with Crippen molar-refractivity contribution in [3.05, 3.63) is 45.9 Å². The first-order valence-corrected chi connectivity index (χ1v) is 10.1. The van der Waals surface area contributed by atoms with Crippen molar-refractivity contribution in [1.29, 1.82) is 0 Å². The Kier molecular flexibility index (Phi) is 4.09. The van der Waals surface area contributed by atoms with Gasteiger partial charge in [0.25, 0.3) is 5.89 Å². The van der Waals surface area contributed by atoms with Gasteiger partial charge in [0.15, 0.2) is 5.69 Å². The maximum absolute atomic E-state index is 5.54. The molecule has 0 amide bonds. The summed E-state index contributed by atoms with van der Waals surface area (Å²) in [4.78, 5) is 9.28. The average Bonchev–Trinajstić information content (AvgIpc) is 3.46. The molecule has 4 aromatic rings. The maximum Gasteiger partial charge on any atom is 0.279 e. The largest absolute Gasteiger partial charge is 0.332 e. The summed E-state index contributed by atoms with van der Waals surface area (Å²) in [6.07, 6.45) is 5.38. The van der Waals surface area contributed by atoms with Crippen LogP contribution in [0.1, 0.15) is 36.0 Å². The van der Waals surface area contributed by atoms with E-state index in [9.17, 15) is 0 Å². The predicted molar refractivity (Wildman–Crippen MR) is 104 cm³/mol. The van der Waals surface area contributed by atoms with Gasteiger partial charge in [-0.1, -0.05) is 30.3 Å². The number of aromatic nitrogens is 5. The Morgan fingerprint density at radius 1 is 1.15 bits per heavy atom. The van der Waals surface area contributed by atoms with Crippen LogP contribution in [-0.4, -0.2) is 25.3 Å². The van der Waals surface area contributed by atoms with Crippen LogP contribution >= 0.6 is 11.3 Å². The number of benzene rings is 1. The Morgan fingerprint density at radius 2 is 2.04 bits per heavy atom. The van der Waals surface area contributed by atoms with Gasteiger partial charge in [-0.05, 0) is 38.2 Å². The van der Waals surface area contributed by atoms with Crippen LogP contribution in [0.4, 0.5) is 0 Å². The molecule has 1 N–H and O–H groups in total. The van der Waals surface area contributed by atoms with Crippen LogP contribution in [0.15, 0.2) is 34.2 Å². The Hall–Kier alpha value is -2.80. The zero-order valence-corrected chi connectivity index (χ0v) is 15.8. The molecule has 1 aliphatic carbocycles. The third-order valence-electron chi connectivity index (χ3n) is 4.96. The molecule has 27 heavy (non-hydrogen) atoms. The smallest absolute Gasteiger partial charge is 0.279 e. The van der Waals surface area contributed by atoms with Crippen molar-refractivity contribution in [3.63, 3.8) is 0 Å². The summed E-state index contributed by atoms with van der Waals surface area (Å²) in [7, 11) is 0. The van der Waals surface area contributed by atoms with Crippen LogP contribution in [0.5, 0.6) is 0 Å². The number of aryl methyl sites for hydroxylation is 2. The summed E-state index contributed by atoms with van der Waals surface area (Å²) in [6.45, 7) is 2.12. The van der Waals surface area contributed by atoms with Crippen LogP contribution in [0.25, 0.3) is 34.2 Å². The molecule has 0 aliphatic heterocycles. The highest BCUT2D eigenvalue weighted by molar-refractivity contribution is 7.09. The highest BCUT2D eigenvalue weighted by atomic mass is 32.1. The monoisotopic (exact) mass is 377 g/mol. The molecule has 1 aromatic carbocycles. The first kappa shape index (κ1) is 16.4. The molecule has 0 spiro atoms. The zero-order chi connectivity index (χ0) is 18.2. The van der Waals surface area contributed by atoms with Gasteiger partial charge in [-0.2, -0.15) is 10.1 Å². The number of H-pyrrole nitrogens is 1. The molecule has 5 rings (SSSR count). The standard InChI is InChI=1S/C20H19N5OS/c1-2-17-21-16(11-27-17)12-6-5-7-13(10-12)19-22-20(26-25-19)18-14-8-3-4-9-15(14)23-24-18/h5-7,10-11H,2-4,8-9H2,1H3,(H,23,24). The van der Waals surface area contributed by atoms with Crippen molar-refractivity contribution in [1.82, 2.24) is 25.3 Å². The SMILES string of the molecule is CCc1nc(-c2cccc(-c3noc(-c4n[nH]c5c4CCCC5)n3)c2)cs1. The van der Waals surface area contributed by atoms with E-state index >= 15 is 0 Å². The van der Waals surface area contributed by atoms with E-state index in [2.05, 4.69) is 49.8 Å². The zero-order valence-electron chi connectivity index (χ0n) is 15.0. The van der Waals surface area contributed by atoms with Gasteiger partial charge < -0.3 is 4.52 Å². The first-order valence-electron chi connectivity index (χ1n) is 9.27. The molecule has 0 saturated heterocycles. The average molecular weight is 377 g/mol. The Bertz CT molecular complexity index is 1090. The fraction of sp³-hybridized carbons (Fsp3) is 0.300. The Labute approximate surface area is 160 Å². The van der Waals surface area contributed by atoms with E-state index in [1.165, 1.54) is 24.1 Å². The van der Waals surface area contributed by atoms with Gasteiger partial charge >= 0.3 is 0 Å². The van der Waals surface area contributed by atoms with Crippen molar-refractivity contribution >= 4 is 11.3 Å². The molecular formula is C20H19N5OS. The van der Waals surface area contributed by atoms with Crippen LogP contribution in [0.2, 0.25) is 0 Å². The minimum absolute atomic E-state index is 0.483. The lowest BCUT2D eigenvalue weighted by Crippen LogP contribution is -2.01. The minimum atomic E-state index is 0.483. The summed E-state index contributed by atoms with van der Waals surface area (Å²) in [5.41, 5.74) is 6.19. The highest BCUT2D eigenvalue weighted by Gasteiger charge is 2.22. The van der Waals surface area contributed by atoms with E-state index in [4.69, 9.17) is 4.52 Å². The molecule has 136 valence electrons. The molecule has 0 saturated carbocycles. The Balaban J connectivity index is 1.48. The second-order valence-electron chi connectivity index (χ2n) is 6.72. The number of thiazole rings is 1. The number of nitrogens with one attached hydrogen (secondary N) is 1. The molecule has 0 atom stereocenters. The number of hydrogen-bond acceptors (Lipinski definition) is 6. The summed E-state index contributed by atoms with van der Waals surface area (Å²) in [5.74, 6) is 1.06. The van der Waals surface area contributed by atoms with Crippen LogP contribution in [-0.2, 0) is 19.3 Å². The van der Waals surface area contributed by atoms with Gasteiger partial charge in [-0.3, -0.25) is 5.10 Å². The molecule has 3 aromatic heterocycles. The lowest BCUT2D eigenvalue weighted by molar-refractivity contribution is 0.430. The van der Waals surface area contributed by atoms with Gasteiger partial charge in [-0.15, -0.1) is 11.3 Å². The van der Waals surface area contributed by atoms with Crippen molar-refractivity contribution in [2.75, 3.05) is 0 Å². The van der Waals surface area contributed by atoms with Crippen LogP contribution in [0.3, 0.4) is 0 Å². The van der Waals surface area contributed by atoms with Crippen LogP contribution in [0, 0.1) is 0 Å². The molecule has 7 heteroatoms. The summed E-state index contributed by atoms with van der Waals surface area (Å²) >= 11 is 1.69. The second-order valence-corrected chi connectivity index (χ2v) is 7.66. The van der Waals surface area contributed by atoms with Crippen molar-refractivity contribution < 1.29 is 4.52 Å². The lowest BCUT2D eigenvalue weighted by atomic mass is 9.96. The summed E-state index contributed by atoms with van der Waals surface area (Å²) < 4.78 is 5.54. The molecule has 3 heterocycles. The third kappa shape index (κ3) is 2.98. The van der Waals surface area contributed by atoms with Gasteiger partial charge in [0.05, 0.1) is 10.7 Å². The van der Waals surface area contributed by atoms with Gasteiger partial charge in [-0.25, -0.2) is 4.98 Å². The fourth-order valence-corrected chi connectivity index (χ4v) is 4.27. The van der Waals surface area contributed by atoms with Crippen molar-refractivity contribution in [2.45, 2.75) is 39.0 Å². The fourth-order valence-electron chi connectivity index (χ4n) is 3.52. The summed E-state index contributed by atoms with van der Waals surface area (Å²) in [5, 5.41) is 15.0. The summed E-state index contributed by atoms with van der Waals surface area (Å²) in [6, 6.07) is 8.11. The number of aromatic amines is 1. The van der Waals surface area contributed by atoms with Gasteiger partial charge in [0, 0.05) is 27.8 Å². The van der Waals surface area contributed by atoms with Crippen molar-refractivity contribution in [2.24, 2.45) is 0 Å². The van der Waals surface area contributed by atoms with E-state index in [-0.39, 0.29) is 0 Å². The molecule has 0 unspecified atom stereocenters. The van der Waals surface area contributed by atoms with E-state index in [0.717, 1.165) is 46.8 Å². The molecule has 1 aliphatic rings. The quantitative estimate of drug-likeness (QED) is 0.558. The maximum atomic E-state index is 5.54. The molecular weight excluding hydrogens is 358 g/mol. The molecule has 6 nitrogen and oxygen atoms in total. The van der Waals surface area contributed by atoms with E-state index in [1.807, 2.05) is 12.1 Å². The van der Waals surface area contributed by atoms with Crippen LogP contribution < -0.4 is 0 Å². The Morgan fingerprint density at radius 3 is 2.93 bits per heavy atom. The molecule has 0 bridgehead atoms. The van der Waals surface area contributed by atoms with Gasteiger partial charge in [0.2, 0.25) is 5.82 Å². The third-order valence-corrected chi connectivity index (χ3v) is 5.95. The number of hydrogen-bond donors (Lipinski definition) is 1. The topological polar surface area (TPSA) is 80.5 Å². The van der Waals surface area contributed by atoms with E-state index in [1.54, 1.807) is 11.3 Å². The lowest BCUT2D eigenvalue weighted by Gasteiger charge is -2.09. The number of fused-ring (bicyclic) bond motifs is 1. The van der Waals surface area contributed by atoms with Gasteiger partial charge in [0.1, 0.15) is 0 Å². The van der Waals surface area contributed by atoms with Crippen molar-refractivity contribution in [3.8, 4) is 34.2 Å². The predicted octanol–water partition coefficient (Wildman–Crippen LogP) is 4.69. The number of rotatable bonds is 4. The van der Waals surface area contributed by atoms with E-state index in [0.29, 0.717) is 11.7 Å². The minimum Gasteiger partial charge on any atom is -0.332 e. The van der Waals surface area contributed by atoms with E-state index < -0.39 is 0 Å². The molecule has 0 radical (unpaired) electrons. The first-order chi connectivity index (χ1) is 13.3. The molecule has 0 fully saturated rings. The highest BCUT2D eigenvalue weighted by Crippen LogP contribution is 2.31. The second kappa shape index (κ2) is 6.74.